The van der Waals surface area contributed by atoms with Crippen LogP contribution in [0.15, 0.2) is 23.1 Å². The van der Waals surface area contributed by atoms with Gasteiger partial charge in [-0.05, 0) is 57.0 Å². The molecule has 0 spiro atoms. The van der Waals surface area contributed by atoms with E-state index in [1.807, 2.05) is 13.0 Å². The first-order valence-electron chi connectivity index (χ1n) is 6.87. The third-order valence-corrected chi connectivity index (χ3v) is 5.62. The van der Waals surface area contributed by atoms with Crippen LogP contribution < -0.4 is 10.0 Å². The molecule has 1 aromatic carbocycles. The standard InChI is InChI=1S/C14H18ClN3O2S/c1-10(12-3-2-6-17-9-12)18-21(19,20)13-5-4-11(8-16)14(15)7-13/h4-5,7,10,12,17-18H,2-3,6,9H2,1H3. The zero-order valence-corrected chi connectivity index (χ0v) is 13.3. The number of sulfonamides is 1. The van der Waals surface area contributed by atoms with Crippen LogP contribution in [0.4, 0.5) is 0 Å². The Labute approximate surface area is 130 Å². The molecule has 2 rings (SSSR count). The van der Waals surface area contributed by atoms with Crippen molar-refractivity contribution in [3.05, 3.63) is 28.8 Å². The van der Waals surface area contributed by atoms with Gasteiger partial charge in [0.05, 0.1) is 15.5 Å². The topological polar surface area (TPSA) is 82.0 Å². The van der Waals surface area contributed by atoms with Crippen LogP contribution in [0.2, 0.25) is 5.02 Å². The molecule has 1 heterocycles. The van der Waals surface area contributed by atoms with Crippen molar-refractivity contribution in [1.29, 1.82) is 5.26 Å². The molecule has 0 aliphatic carbocycles. The first-order valence-corrected chi connectivity index (χ1v) is 8.73. The molecule has 1 saturated heterocycles. The van der Waals surface area contributed by atoms with Crippen molar-refractivity contribution in [3.63, 3.8) is 0 Å². The van der Waals surface area contributed by atoms with Crippen LogP contribution in [0.3, 0.4) is 0 Å². The molecule has 2 atom stereocenters. The van der Waals surface area contributed by atoms with Gasteiger partial charge in [-0.3, -0.25) is 0 Å². The molecule has 21 heavy (non-hydrogen) atoms. The zero-order valence-electron chi connectivity index (χ0n) is 11.8. The van der Waals surface area contributed by atoms with E-state index < -0.39 is 10.0 Å². The molecule has 2 N–H and O–H groups in total. The summed E-state index contributed by atoms with van der Waals surface area (Å²) in [5, 5.41) is 12.2. The molecule has 114 valence electrons. The lowest BCUT2D eigenvalue weighted by molar-refractivity contribution is 0.320. The van der Waals surface area contributed by atoms with Crippen molar-refractivity contribution >= 4 is 21.6 Å². The highest BCUT2D eigenvalue weighted by Gasteiger charge is 2.25. The monoisotopic (exact) mass is 327 g/mol. The van der Waals surface area contributed by atoms with Gasteiger partial charge in [-0.2, -0.15) is 5.26 Å². The van der Waals surface area contributed by atoms with Crippen LogP contribution in [0.5, 0.6) is 0 Å². The summed E-state index contributed by atoms with van der Waals surface area (Å²) in [5.41, 5.74) is 0.264. The van der Waals surface area contributed by atoms with E-state index >= 15 is 0 Å². The maximum Gasteiger partial charge on any atom is 0.240 e. The van der Waals surface area contributed by atoms with Gasteiger partial charge in [0.1, 0.15) is 6.07 Å². The number of nitrogens with zero attached hydrogens (tertiary/aromatic N) is 1. The lowest BCUT2D eigenvalue weighted by atomic mass is 9.94. The smallest absolute Gasteiger partial charge is 0.240 e. The number of nitrogens with one attached hydrogen (secondary N) is 2. The summed E-state index contributed by atoms with van der Waals surface area (Å²) in [6, 6.07) is 5.89. The predicted octanol–water partition coefficient (Wildman–Crippen LogP) is 1.88. The predicted molar refractivity (Wildman–Crippen MR) is 81.5 cm³/mol. The molecule has 2 unspecified atom stereocenters. The van der Waals surface area contributed by atoms with Gasteiger partial charge in [-0.15, -0.1) is 0 Å². The van der Waals surface area contributed by atoms with Gasteiger partial charge < -0.3 is 5.32 Å². The SMILES string of the molecule is CC(NS(=O)(=O)c1ccc(C#N)c(Cl)c1)C1CCCNC1. The van der Waals surface area contributed by atoms with E-state index in [0.29, 0.717) is 0 Å². The van der Waals surface area contributed by atoms with Crippen molar-refractivity contribution < 1.29 is 8.42 Å². The van der Waals surface area contributed by atoms with Crippen molar-refractivity contribution in [2.75, 3.05) is 13.1 Å². The minimum absolute atomic E-state index is 0.0853. The maximum atomic E-state index is 12.4. The highest BCUT2D eigenvalue weighted by Crippen LogP contribution is 2.21. The van der Waals surface area contributed by atoms with Gasteiger partial charge in [0, 0.05) is 6.04 Å². The summed E-state index contributed by atoms with van der Waals surface area (Å²) >= 11 is 5.90. The maximum absolute atomic E-state index is 12.4. The molecule has 0 saturated carbocycles. The number of nitriles is 1. The van der Waals surface area contributed by atoms with Gasteiger partial charge >= 0.3 is 0 Å². The number of benzene rings is 1. The molecule has 0 aromatic heterocycles. The molecule has 1 fully saturated rings. The first-order chi connectivity index (χ1) is 9.94. The quantitative estimate of drug-likeness (QED) is 0.884. The van der Waals surface area contributed by atoms with E-state index in [9.17, 15) is 8.42 Å². The highest BCUT2D eigenvalue weighted by molar-refractivity contribution is 7.89. The number of hydrogen-bond acceptors (Lipinski definition) is 4. The number of rotatable bonds is 4. The molecule has 7 heteroatoms. The first kappa shape index (κ1) is 16.2. The number of hydrogen-bond donors (Lipinski definition) is 2. The average molecular weight is 328 g/mol. The Morgan fingerprint density at radius 2 is 2.29 bits per heavy atom. The van der Waals surface area contributed by atoms with Gasteiger partial charge in [-0.1, -0.05) is 11.6 Å². The summed E-state index contributed by atoms with van der Waals surface area (Å²) in [6.07, 6.45) is 2.06. The Morgan fingerprint density at radius 3 is 2.86 bits per heavy atom. The third kappa shape index (κ3) is 3.95. The Balaban J connectivity index is 2.14. The molecule has 1 aromatic rings. The summed E-state index contributed by atoms with van der Waals surface area (Å²) in [7, 11) is -3.63. The molecular formula is C14H18ClN3O2S. The van der Waals surface area contributed by atoms with Gasteiger partial charge in [0.2, 0.25) is 10.0 Å². The van der Waals surface area contributed by atoms with E-state index in [2.05, 4.69) is 10.0 Å². The Bertz CT molecular complexity index is 649. The van der Waals surface area contributed by atoms with E-state index in [-0.39, 0.29) is 27.4 Å². The highest BCUT2D eigenvalue weighted by atomic mass is 35.5. The lowest BCUT2D eigenvalue weighted by Gasteiger charge is -2.28. The second-order valence-corrected chi connectivity index (χ2v) is 7.39. The van der Waals surface area contributed by atoms with Crippen molar-refractivity contribution in [2.45, 2.75) is 30.7 Å². The van der Waals surface area contributed by atoms with Gasteiger partial charge in [0.25, 0.3) is 0 Å². The van der Waals surface area contributed by atoms with E-state index in [0.717, 1.165) is 25.9 Å². The van der Waals surface area contributed by atoms with Crippen LogP contribution in [-0.4, -0.2) is 27.5 Å². The Morgan fingerprint density at radius 1 is 1.52 bits per heavy atom. The minimum atomic E-state index is -3.63. The summed E-state index contributed by atoms with van der Waals surface area (Å²) in [5.74, 6) is 0.280. The average Bonchev–Trinajstić information content (AvgIpc) is 2.47. The zero-order chi connectivity index (χ0) is 15.5. The van der Waals surface area contributed by atoms with E-state index in [1.54, 1.807) is 0 Å². The van der Waals surface area contributed by atoms with Crippen LogP contribution in [-0.2, 0) is 10.0 Å². The third-order valence-electron chi connectivity index (χ3n) is 3.75. The number of halogens is 1. The number of piperidine rings is 1. The summed E-state index contributed by atoms with van der Waals surface area (Å²) in [6.45, 7) is 3.68. The second-order valence-electron chi connectivity index (χ2n) is 5.27. The normalized spacial score (nSPS) is 20.7. The van der Waals surface area contributed by atoms with E-state index in [1.165, 1.54) is 18.2 Å². The molecule has 0 radical (unpaired) electrons. The van der Waals surface area contributed by atoms with Crippen molar-refractivity contribution in [3.8, 4) is 6.07 Å². The van der Waals surface area contributed by atoms with Crippen LogP contribution in [0.25, 0.3) is 0 Å². The van der Waals surface area contributed by atoms with Crippen molar-refractivity contribution in [2.24, 2.45) is 5.92 Å². The van der Waals surface area contributed by atoms with Crippen LogP contribution in [0, 0.1) is 17.2 Å². The largest absolute Gasteiger partial charge is 0.316 e. The minimum Gasteiger partial charge on any atom is -0.316 e. The fourth-order valence-corrected chi connectivity index (χ4v) is 4.09. The molecule has 0 amide bonds. The molecular weight excluding hydrogens is 310 g/mol. The van der Waals surface area contributed by atoms with Gasteiger partial charge in [0.15, 0.2) is 0 Å². The van der Waals surface area contributed by atoms with E-state index in [4.69, 9.17) is 16.9 Å². The van der Waals surface area contributed by atoms with Crippen molar-refractivity contribution in [1.82, 2.24) is 10.0 Å². The molecule has 5 nitrogen and oxygen atoms in total. The molecule has 1 aliphatic rings. The van der Waals surface area contributed by atoms with Crippen LogP contribution >= 0.6 is 11.6 Å². The lowest BCUT2D eigenvalue weighted by Crippen LogP contribution is -2.44. The Kier molecular flexibility index (Phi) is 5.22. The van der Waals surface area contributed by atoms with Gasteiger partial charge in [-0.25, -0.2) is 13.1 Å². The fourth-order valence-electron chi connectivity index (χ4n) is 2.47. The molecule has 1 aliphatic heterocycles. The fraction of sp³-hybridized carbons (Fsp3) is 0.500. The Hall–Kier alpha value is -1.13. The summed E-state index contributed by atoms with van der Waals surface area (Å²) < 4.78 is 27.4. The molecule has 0 bridgehead atoms. The second kappa shape index (κ2) is 6.75. The van der Waals surface area contributed by atoms with Crippen LogP contribution in [0.1, 0.15) is 25.3 Å². The summed E-state index contributed by atoms with van der Waals surface area (Å²) in [4.78, 5) is 0.0853.